The molecule has 2 rings (SSSR count). The van der Waals surface area contributed by atoms with Crippen molar-refractivity contribution in [2.45, 2.75) is 38.9 Å². The van der Waals surface area contributed by atoms with E-state index in [2.05, 4.69) is 10.4 Å². The predicted octanol–water partition coefficient (Wildman–Crippen LogP) is 4.01. The third-order valence-corrected chi connectivity index (χ3v) is 4.41. The normalized spacial score (nSPS) is 12.1. The van der Waals surface area contributed by atoms with Gasteiger partial charge < -0.3 is 14.8 Å². The molecule has 35 heavy (non-hydrogen) atoms. The topological polar surface area (TPSA) is 106 Å². The highest BCUT2D eigenvalue weighted by atomic mass is 19.4. The molecule has 0 aliphatic heterocycles. The summed E-state index contributed by atoms with van der Waals surface area (Å²) < 4.78 is 106. The molecule has 0 saturated heterocycles. The van der Waals surface area contributed by atoms with Crippen LogP contribution in [0, 0.1) is 34.6 Å². The predicted molar refractivity (Wildman–Crippen MR) is 103 cm³/mol. The zero-order valence-electron chi connectivity index (χ0n) is 18.1. The van der Waals surface area contributed by atoms with Crippen LogP contribution in [-0.2, 0) is 25.2 Å². The number of benzene rings is 1. The Morgan fingerprint density at radius 2 is 1.66 bits per heavy atom. The van der Waals surface area contributed by atoms with Crippen molar-refractivity contribution in [2.24, 2.45) is 0 Å². The van der Waals surface area contributed by atoms with Crippen LogP contribution in [0.4, 0.5) is 36.6 Å². The molecule has 0 spiro atoms. The molecule has 0 saturated carbocycles. The third kappa shape index (κ3) is 5.64. The molecule has 1 aromatic carbocycles. The van der Waals surface area contributed by atoms with Crippen LogP contribution in [0.5, 0.6) is 0 Å². The number of carbonyl (C=O) groups is 2. The Morgan fingerprint density at radius 1 is 1.09 bits per heavy atom. The average Bonchev–Trinajstić information content (AvgIpc) is 3.17. The minimum atomic E-state index is -5.78. The van der Waals surface area contributed by atoms with Crippen molar-refractivity contribution in [2.75, 3.05) is 18.5 Å². The number of ether oxygens (including phenoxy) is 2. The summed E-state index contributed by atoms with van der Waals surface area (Å²) in [5.41, 5.74) is -5.19. The van der Waals surface area contributed by atoms with Crippen LogP contribution in [-0.4, -0.2) is 41.0 Å². The van der Waals surface area contributed by atoms with Gasteiger partial charge in [0.05, 0.1) is 19.4 Å². The Kier molecular flexibility index (Phi) is 8.67. The molecular formula is C20H17F7N4O4. The van der Waals surface area contributed by atoms with E-state index in [4.69, 9.17) is 9.47 Å². The largest absolute Gasteiger partial charge is 0.464 e. The average molecular weight is 510 g/mol. The van der Waals surface area contributed by atoms with E-state index in [0.717, 1.165) is 0 Å². The zero-order valence-corrected chi connectivity index (χ0v) is 18.1. The monoisotopic (exact) mass is 510 g/mol. The van der Waals surface area contributed by atoms with Gasteiger partial charge in [-0.2, -0.15) is 23.5 Å². The highest BCUT2D eigenvalue weighted by molar-refractivity contribution is 6.02. The number of hydrogen-bond donors (Lipinski definition) is 1. The second-order valence-electron chi connectivity index (χ2n) is 6.76. The molecule has 0 amide bonds. The van der Waals surface area contributed by atoms with E-state index in [9.17, 15) is 45.6 Å². The number of nitrogens with one attached hydrogen (secondary N) is 1. The number of anilines is 1. The third-order valence-electron chi connectivity index (χ3n) is 4.41. The first kappa shape index (κ1) is 27.4. The number of nitrogens with zero attached hydrogens (tertiary/aromatic N) is 3. The van der Waals surface area contributed by atoms with E-state index >= 15 is 0 Å². The van der Waals surface area contributed by atoms with E-state index < -0.39 is 70.1 Å². The fraction of sp³-hybridized carbons (Fsp3) is 0.400. The molecule has 1 unspecified atom stereocenters. The maximum absolute atomic E-state index is 14.6. The first-order valence-electron chi connectivity index (χ1n) is 9.91. The van der Waals surface area contributed by atoms with Crippen molar-refractivity contribution in [1.82, 2.24) is 9.78 Å². The molecule has 1 aromatic heterocycles. The summed E-state index contributed by atoms with van der Waals surface area (Å²) >= 11 is 0. The van der Waals surface area contributed by atoms with E-state index in [1.807, 2.05) is 0 Å². The van der Waals surface area contributed by atoms with Gasteiger partial charge in [-0.1, -0.05) is 13.3 Å². The molecule has 1 heterocycles. The highest BCUT2D eigenvalue weighted by Crippen LogP contribution is 2.38. The quantitative estimate of drug-likeness (QED) is 0.179. The Bertz CT molecular complexity index is 1130. The summed E-state index contributed by atoms with van der Waals surface area (Å²) in [6.45, 7) is 2.82. The number of unbranched alkanes of at least 4 members (excludes halogenated alkanes) is 1. The Balaban J connectivity index is 2.67. The summed E-state index contributed by atoms with van der Waals surface area (Å²) in [4.78, 5) is 24.7. The van der Waals surface area contributed by atoms with Crippen LogP contribution < -0.4 is 5.32 Å². The zero-order chi connectivity index (χ0) is 26.5. The van der Waals surface area contributed by atoms with Crippen molar-refractivity contribution in [3.63, 3.8) is 0 Å². The fourth-order valence-electron chi connectivity index (χ4n) is 2.77. The van der Waals surface area contributed by atoms with E-state index in [1.165, 1.54) is 13.0 Å². The first-order valence-corrected chi connectivity index (χ1v) is 9.91. The second kappa shape index (κ2) is 11.1. The van der Waals surface area contributed by atoms with Gasteiger partial charge in [0.1, 0.15) is 28.7 Å². The number of nitriles is 1. The lowest BCUT2D eigenvalue weighted by Crippen LogP contribution is -2.41. The lowest BCUT2D eigenvalue weighted by atomic mass is 10.1. The number of alkyl halides is 3. The van der Waals surface area contributed by atoms with Crippen LogP contribution in [0.3, 0.4) is 0 Å². The molecule has 190 valence electrons. The number of rotatable bonds is 9. The van der Waals surface area contributed by atoms with Gasteiger partial charge >= 0.3 is 18.1 Å². The molecule has 8 nitrogen and oxygen atoms in total. The maximum Gasteiger partial charge on any atom is 0.422 e. The number of hydrogen-bond acceptors (Lipinski definition) is 7. The molecule has 1 atom stereocenters. The number of carbonyl (C=O) groups excluding carboxylic acids is 2. The van der Waals surface area contributed by atoms with Crippen molar-refractivity contribution >= 4 is 17.8 Å². The van der Waals surface area contributed by atoms with Gasteiger partial charge in [-0.25, -0.2) is 31.8 Å². The van der Waals surface area contributed by atoms with Crippen LogP contribution >= 0.6 is 0 Å². The minimum Gasteiger partial charge on any atom is -0.464 e. The lowest BCUT2D eigenvalue weighted by molar-refractivity contribution is -0.156. The van der Waals surface area contributed by atoms with Crippen LogP contribution in [0.25, 0.3) is 5.69 Å². The number of halogens is 7. The fourth-order valence-corrected chi connectivity index (χ4v) is 2.77. The molecule has 0 fully saturated rings. The van der Waals surface area contributed by atoms with Crippen LogP contribution in [0.1, 0.15) is 37.8 Å². The number of esters is 2. The van der Waals surface area contributed by atoms with E-state index in [-0.39, 0.29) is 17.9 Å². The highest BCUT2D eigenvalue weighted by Gasteiger charge is 2.43. The first-order chi connectivity index (χ1) is 16.4. The Labute approximate surface area is 193 Å². The SMILES string of the molecule is CCCCOC(=O)C(Nc1c(C#N)cnn1-c1c(F)c(F)c(C(F)(F)F)c(F)c1F)C(=O)OCC. The summed E-state index contributed by atoms with van der Waals surface area (Å²) in [6.07, 6.45) is -4.14. The molecule has 0 aliphatic rings. The van der Waals surface area contributed by atoms with Crippen molar-refractivity contribution < 1.29 is 49.8 Å². The summed E-state index contributed by atoms with van der Waals surface area (Å²) in [7, 11) is 0. The van der Waals surface area contributed by atoms with Gasteiger partial charge in [0.25, 0.3) is 0 Å². The summed E-state index contributed by atoms with van der Waals surface area (Å²) in [6, 6.07) is -0.543. The standard InChI is InChI=1S/C20H17F7N4O4/c1-3-5-6-35-19(33)15(18(32)34-4-2)30-17-9(7-28)8-29-31(17)16-13(23)11(21)10(20(25,26)27)12(22)14(16)24/h8,15,30H,3-6H2,1-2H3. The second-order valence-corrected chi connectivity index (χ2v) is 6.76. The molecule has 15 heteroatoms. The molecule has 0 bridgehead atoms. The molecule has 1 N–H and O–H groups in total. The van der Waals surface area contributed by atoms with Gasteiger partial charge in [0.15, 0.2) is 23.3 Å². The van der Waals surface area contributed by atoms with E-state index in [0.29, 0.717) is 19.0 Å². The Morgan fingerprint density at radius 3 is 2.14 bits per heavy atom. The van der Waals surface area contributed by atoms with Crippen molar-refractivity contribution in [3.8, 4) is 11.8 Å². The molecule has 0 radical (unpaired) electrons. The molecule has 2 aromatic rings. The van der Waals surface area contributed by atoms with E-state index in [1.54, 1.807) is 6.92 Å². The Hall–Kier alpha value is -3.83. The smallest absolute Gasteiger partial charge is 0.422 e. The summed E-state index contributed by atoms with van der Waals surface area (Å²) in [5.74, 6) is -13.9. The minimum absolute atomic E-state index is 0.00107. The van der Waals surface area contributed by atoms with Gasteiger partial charge in [-0.05, 0) is 13.3 Å². The maximum atomic E-state index is 14.6. The van der Waals surface area contributed by atoms with Gasteiger partial charge in [0.2, 0.25) is 6.04 Å². The van der Waals surface area contributed by atoms with Crippen molar-refractivity contribution in [3.05, 3.63) is 40.6 Å². The van der Waals surface area contributed by atoms with Gasteiger partial charge in [-0.3, -0.25) is 0 Å². The molecular weight excluding hydrogens is 493 g/mol. The summed E-state index contributed by atoms with van der Waals surface area (Å²) in [5, 5.41) is 14.8. The van der Waals surface area contributed by atoms with Crippen LogP contribution in [0.2, 0.25) is 0 Å². The van der Waals surface area contributed by atoms with Gasteiger partial charge in [0, 0.05) is 0 Å². The van der Waals surface area contributed by atoms with Crippen LogP contribution in [0.15, 0.2) is 6.20 Å². The van der Waals surface area contributed by atoms with Crippen molar-refractivity contribution in [1.29, 1.82) is 5.26 Å². The van der Waals surface area contributed by atoms with Gasteiger partial charge in [-0.15, -0.1) is 0 Å². The lowest BCUT2D eigenvalue weighted by Gasteiger charge is -2.19. The molecule has 0 aliphatic carbocycles. The number of aromatic nitrogens is 2.